The zero-order chi connectivity index (χ0) is 14.0. The van der Waals surface area contributed by atoms with Crippen LogP contribution in [-0.4, -0.2) is 15.0 Å². The molecule has 0 radical (unpaired) electrons. The fourth-order valence-electron chi connectivity index (χ4n) is 1.32. The van der Waals surface area contributed by atoms with Gasteiger partial charge < -0.3 is 5.11 Å². The number of hydrogen-bond donors (Lipinski definition) is 1. The van der Waals surface area contributed by atoms with Crippen LogP contribution in [-0.2, 0) is 0 Å². The molecule has 0 bridgehead atoms. The van der Waals surface area contributed by atoms with Crippen molar-refractivity contribution < 1.29 is 10.0 Å². The van der Waals surface area contributed by atoms with E-state index in [4.69, 9.17) is 11.6 Å². The Hall–Kier alpha value is -1.15. The lowest BCUT2D eigenvalue weighted by atomic mass is 10.3. The Bertz CT molecular complexity index is 616. The Morgan fingerprint density at radius 1 is 1.63 bits per heavy atom. The summed E-state index contributed by atoms with van der Waals surface area (Å²) in [6.07, 6.45) is 0.834. The highest BCUT2D eigenvalue weighted by atomic mass is 35.5. The van der Waals surface area contributed by atoms with Gasteiger partial charge >= 0.3 is 0 Å². The number of hydrogen-bond acceptors (Lipinski definition) is 6. The van der Waals surface area contributed by atoms with Crippen LogP contribution < -0.4 is 0 Å². The zero-order valence-corrected chi connectivity index (χ0v) is 12.1. The highest BCUT2D eigenvalue weighted by Crippen LogP contribution is 2.43. The number of halogens is 1. The highest BCUT2D eigenvalue weighted by Gasteiger charge is 2.22. The summed E-state index contributed by atoms with van der Waals surface area (Å²) in [6, 6.07) is 4.75. The highest BCUT2D eigenvalue weighted by molar-refractivity contribution is 8.01. The van der Waals surface area contributed by atoms with Gasteiger partial charge in [0.05, 0.1) is 16.0 Å². The van der Waals surface area contributed by atoms with Gasteiger partial charge in [0.1, 0.15) is 9.24 Å². The molecule has 8 heteroatoms. The minimum atomic E-state index is -0.739. The first-order valence-corrected chi connectivity index (χ1v) is 7.24. The lowest BCUT2D eigenvalue weighted by Crippen LogP contribution is -1.88. The summed E-state index contributed by atoms with van der Waals surface area (Å²) in [6.45, 7) is 1.57. The van der Waals surface area contributed by atoms with Gasteiger partial charge in [-0.1, -0.05) is 23.4 Å². The number of aromatic nitrogens is 1. The molecule has 100 valence electrons. The summed E-state index contributed by atoms with van der Waals surface area (Å²) in [5.74, 6) is 0. The number of rotatable bonds is 4. The van der Waals surface area contributed by atoms with Crippen molar-refractivity contribution in [3.63, 3.8) is 0 Å². The van der Waals surface area contributed by atoms with E-state index in [0.717, 1.165) is 11.8 Å². The van der Waals surface area contributed by atoms with Crippen LogP contribution in [0.3, 0.4) is 0 Å². The summed E-state index contributed by atoms with van der Waals surface area (Å²) in [4.78, 5) is 15.1. The van der Waals surface area contributed by atoms with Crippen LogP contribution in [0.5, 0.6) is 0 Å². The van der Waals surface area contributed by atoms with Crippen LogP contribution in [0.4, 0.5) is 5.69 Å². The van der Waals surface area contributed by atoms with Crippen LogP contribution in [0, 0.1) is 10.1 Å². The van der Waals surface area contributed by atoms with Crippen LogP contribution in [0.2, 0.25) is 5.02 Å². The maximum absolute atomic E-state index is 11.0. The molecule has 1 atom stereocenters. The van der Waals surface area contributed by atoms with Gasteiger partial charge in [-0.05, 0) is 19.1 Å². The molecule has 2 aromatic rings. The van der Waals surface area contributed by atoms with Crippen molar-refractivity contribution in [1.29, 1.82) is 0 Å². The van der Waals surface area contributed by atoms with Crippen molar-refractivity contribution in [3.05, 3.63) is 44.4 Å². The van der Waals surface area contributed by atoms with Gasteiger partial charge in [-0.15, -0.1) is 11.3 Å². The molecule has 1 N–H and O–H groups in total. The zero-order valence-electron chi connectivity index (χ0n) is 9.74. The van der Waals surface area contributed by atoms with E-state index in [1.807, 2.05) is 0 Å². The molecule has 0 aliphatic carbocycles. The second-order valence-corrected chi connectivity index (χ2v) is 6.40. The van der Waals surface area contributed by atoms with E-state index in [1.54, 1.807) is 25.3 Å². The van der Waals surface area contributed by atoms with Gasteiger partial charge in [0.15, 0.2) is 0 Å². The number of nitro groups is 1. The standard InChI is InChI=1S/C11H9ClN2O3S2/c1-6(15)9-5-8(14(16)17)11(18-9)19-10-7(12)3-2-4-13-10/h2-6,15H,1H3/t6-/m1/s1. The first-order valence-electron chi connectivity index (χ1n) is 5.23. The molecule has 0 aliphatic rings. The number of aliphatic hydroxyl groups is 1. The molecule has 0 saturated heterocycles. The monoisotopic (exact) mass is 316 g/mol. The molecule has 5 nitrogen and oxygen atoms in total. The number of nitrogens with zero attached hydrogens (tertiary/aromatic N) is 2. The smallest absolute Gasteiger partial charge is 0.294 e. The molecule has 0 saturated carbocycles. The number of aliphatic hydroxyl groups excluding tert-OH is 1. The van der Waals surface area contributed by atoms with E-state index in [2.05, 4.69) is 4.98 Å². The molecule has 19 heavy (non-hydrogen) atoms. The van der Waals surface area contributed by atoms with Crippen molar-refractivity contribution in [1.82, 2.24) is 4.98 Å². The van der Waals surface area contributed by atoms with E-state index >= 15 is 0 Å². The third-order valence-corrected chi connectivity index (χ3v) is 5.14. The summed E-state index contributed by atoms with van der Waals surface area (Å²) < 4.78 is 0.460. The van der Waals surface area contributed by atoms with Gasteiger partial charge in [0.2, 0.25) is 0 Å². The maximum Gasteiger partial charge on any atom is 0.294 e. The molecule has 0 fully saturated rings. The van der Waals surface area contributed by atoms with Gasteiger partial charge in [-0.25, -0.2) is 4.98 Å². The van der Waals surface area contributed by atoms with E-state index in [9.17, 15) is 15.2 Å². The van der Waals surface area contributed by atoms with E-state index < -0.39 is 11.0 Å². The van der Waals surface area contributed by atoms with Gasteiger partial charge in [0.25, 0.3) is 5.69 Å². The van der Waals surface area contributed by atoms with Crippen molar-refractivity contribution in [2.24, 2.45) is 0 Å². The van der Waals surface area contributed by atoms with Crippen molar-refractivity contribution in [2.45, 2.75) is 22.3 Å². The lowest BCUT2D eigenvalue weighted by molar-refractivity contribution is -0.387. The average molecular weight is 317 g/mol. The van der Waals surface area contributed by atoms with E-state index in [1.165, 1.54) is 17.4 Å². The maximum atomic E-state index is 11.0. The molecule has 2 rings (SSSR count). The molecule has 2 heterocycles. The molecule has 0 aromatic carbocycles. The fraction of sp³-hybridized carbons (Fsp3) is 0.182. The Morgan fingerprint density at radius 3 is 2.95 bits per heavy atom. The first-order chi connectivity index (χ1) is 8.99. The predicted octanol–water partition coefficient (Wildman–Crippen LogP) is 3.91. The Morgan fingerprint density at radius 2 is 2.37 bits per heavy atom. The molecule has 2 aromatic heterocycles. The quantitative estimate of drug-likeness (QED) is 0.683. The molecular weight excluding hydrogens is 308 g/mol. The van der Waals surface area contributed by atoms with E-state index in [-0.39, 0.29) is 5.69 Å². The lowest BCUT2D eigenvalue weighted by Gasteiger charge is -2.00. The molecule has 0 aliphatic heterocycles. The van der Waals surface area contributed by atoms with Crippen LogP contribution >= 0.6 is 34.7 Å². The summed E-state index contributed by atoms with van der Waals surface area (Å²) in [5.41, 5.74) is -0.0346. The Kier molecular flexibility index (Phi) is 4.41. The van der Waals surface area contributed by atoms with Crippen LogP contribution in [0.15, 0.2) is 33.6 Å². The summed E-state index contributed by atoms with van der Waals surface area (Å²) in [7, 11) is 0. The third-order valence-electron chi connectivity index (χ3n) is 2.22. The van der Waals surface area contributed by atoms with E-state index in [0.29, 0.717) is 19.1 Å². The van der Waals surface area contributed by atoms with Gasteiger partial charge in [0, 0.05) is 17.1 Å². The van der Waals surface area contributed by atoms with Gasteiger partial charge in [-0.3, -0.25) is 10.1 Å². The SMILES string of the molecule is C[C@@H](O)c1cc([N+](=O)[O-])c(Sc2ncccc2Cl)s1. The fourth-order valence-corrected chi connectivity index (χ4v) is 3.74. The molecular formula is C11H9ClN2O3S2. The summed E-state index contributed by atoms with van der Waals surface area (Å²) in [5, 5.41) is 21.4. The largest absolute Gasteiger partial charge is 0.388 e. The third kappa shape index (κ3) is 3.24. The minimum absolute atomic E-state index is 0.0346. The van der Waals surface area contributed by atoms with Crippen LogP contribution in [0.1, 0.15) is 17.9 Å². The number of pyridine rings is 1. The van der Waals surface area contributed by atoms with Crippen molar-refractivity contribution in [2.75, 3.05) is 0 Å². The summed E-state index contributed by atoms with van der Waals surface area (Å²) >= 11 is 8.28. The van der Waals surface area contributed by atoms with Gasteiger partial charge in [-0.2, -0.15) is 0 Å². The van der Waals surface area contributed by atoms with Crippen LogP contribution in [0.25, 0.3) is 0 Å². The predicted molar refractivity (Wildman–Crippen MR) is 75.0 cm³/mol. The Balaban J connectivity index is 2.39. The first kappa shape index (κ1) is 14.3. The second-order valence-electron chi connectivity index (χ2n) is 3.65. The van der Waals surface area contributed by atoms with Crippen molar-refractivity contribution in [3.8, 4) is 0 Å². The second kappa shape index (κ2) is 5.87. The minimum Gasteiger partial charge on any atom is -0.388 e. The topological polar surface area (TPSA) is 76.3 Å². The average Bonchev–Trinajstić information content (AvgIpc) is 2.76. The molecule has 0 unspecified atom stereocenters. The normalized spacial score (nSPS) is 12.4. The molecule has 0 spiro atoms. The van der Waals surface area contributed by atoms with Crippen molar-refractivity contribution >= 4 is 40.4 Å². The number of thiophene rings is 1. The Labute approximate surface area is 122 Å². The molecule has 0 amide bonds.